The van der Waals surface area contributed by atoms with E-state index in [0.717, 1.165) is 12.3 Å². The van der Waals surface area contributed by atoms with E-state index in [9.17, 15) is 13.2 Å². The molecular formula is C11H16F3N5O. The number of hydrogen-bond donors (Lipinski definition) is 2. The van der Waals surface area contributed by atoms with E-state index in [1.54, 1.807) is 0 Å². The number of ether oxygens (including phenoxy) is 1. The Morgan fingerprint density at radius 2 is 2.15 bits per heavy atom. The summed E-state index contributed by atoms with van der Waals surface area (Å²) in [6.45, 7) is 0.864. The minimum atomic E-state index is -4.52. The number of halogens is 3. The third-order valence-corrected chi connectivity index (χ3v) is 2.43. The molecule has 0 aliphatic heterocycles. The van der Waals surface area contributed by atoms with Crippen molar-refractivity contribution in [2.24, 2.45) is 5.73 Å². The third-order valence-electron chi connectivity index (χ3n) is 2.43. The average Bonchev–Trinajstić information content (AvgIpc) is 2.38. The van der Waals surface area contributed by atoms with Crippen molar-refractivity contribution in [3.05, 3.63) is 18.0 Å². The lowest BCUT2D eigenvalue weighted by molar-refractivity contribution is -0.141. The predicted molar refractivity (Wildman–Crippen MR) is 67.7 cm³/mol. The van der Waals surface area contributed by atoms with Gasteiger partial charge >= 0.3 is 6.18 Å². The molecule has 0 amide bonds. The number of hydrogen-bond acceptors (Lipinski definition) is 5. The zero-order valence-corrected chi connectivity index (χ0v) is 10.9. The maximum atomic E-state index is 12.6. The van der Waals surface area contributed by atoms with Gasteiger partial charge in [-0.2, -0.15) is 13.2 Å². The highest BCUT2D eigenvalue weighted by atomic mass is 19.4. The van der Waals surface area contributed by atoms with Crippen LogP contribution in [0.5, 0.6) is 0 Å². The van der Waals surface area contributed by atoms with Crippen LogP contribution in [0, 0.1) is 5.41 Å². The molecule has 9 heteroatoms. The summed E-state index contributed by atoms with van der Waals surface area (Å²) in [7, 11) is 1.48. The summed E-state index contributed by atoms with van der Waals surface area (Å²) in [6.07, 6.45) is -3.26. The number of nitrogens with two attached hydrogens (primary N) is 1. The summed E-state index contributed by atoms with van der Waals surface area (Å²) in [5, 5.41) is 7.17. The summed E-state index contributed by atoms with van der Waals surface area (Å²) in [5.74, 6) is -0.113. The second-order valence-corrected chi connectivity index (χ2v) is 3.99. The minimum absolute atomic E-state index is 0.0561. The zero-order valence-electron chi connectivity index (χ0n) is 10.9. The van der Waals surface area contributed by atoms with Gasteiger partial charge in [-0.25, -0.2) is 9.97 Å². The fourth-order valence-electron chi connectivity index (χ4n) is 1.43. The summed E-state index contributed by atoms with van der Waals surface area (Å²) >= 11 is 0. The van der Waals surface area contributed by atoms with Crippen molar-refractivity contribution in [2.45, 2.75) is 12.6 Å². The number of anilines is 1. The molecule has 0 saturated carbocycles. The SMILES string of the molecule is COCCN(CCC(=N)N)c1nccc(C(F)(F)F)n1. The maximum absolute atomic E-state index is 12.6. The Hall–Kier alpha value is -1.90. The number of aromatic nitrogens is 2. The Kier molecular flexibility index (Phi) is 5.68. The highest BCUT2D eigenvalue weighted by molar-refractivity contribution is 5.77. The standard InChI is InChI=1S/C11H16F3N5O/c1-20-7-6-19(5-3-9(15)16)10-17-4-2-8(18-10)11(12,13)14/h2,4H,3,5-7H2,1H3,(H3,15,16). The summed E-state index contributed by atoms with van der Waals surface area (Å²) < 4.78 is 42.7. The van der Waals surface area contributed by atoms with Crippen LogP contribution in [0.3, 0.4) is 0 Å². The van der Waals surface area contributed by atoms with Crippen LogP contribution in [0.4, 0.5) is 19.1 Å². The quantitative estimate of drug-likeness (QED) is 0.583. The van der Waals surface area contributed by atoms with Crippen molar-refractivity contribution in [1.82, 2.24) is 9.97 Å². The van der Waals surface area contributed by atoms with Gasteiger partial charge in [0.05, 0.1) is 12.4 Å². The van der Waals surface area contributed by atoms with Crippen LogP contribution in [-0.2, 0) is 10.9 Å². The first kappa shape index (κ1) is 16.2. The van der Waals surface area contributed by atoms with Gasteiger partial charge < -0.3 is 15.4 Å². The zero-order chi connectivity index (χ0) is 15.2. The average molecular weight is 291 g/mol. The van der Waals surface area contributed by atoms with E-state index in [0.29, 0.717) is 13.2 Å². The lowest BCUT2D eigenvalue weighted by Crippen LogP contribution is -2.32. The van der Waals surface area contributed by atoms with E-state index in [2.05, 4.69) is 9.97 Å². The van der Waals surface area contributed by atoms with Crippen molar-refractivity contribution in [3.8, 4) is 0 Å². The van der Waals surface area contributed by atoms with Gasteiger partial charge in [-0.15, -0.1) is 0 Å². The number of nitrogens with zero attached hydrogens (tertiary/aromatic N) is 3. The Labute approximate surface area is 114 Å². The summed E-state index contributed by atoms with van der Waals surface area (Å²) in [4.78, 5) is 8.83. The van der Waals surface area contributed by atoms with Gasteiger partial charge in [-0.3, -0.25) is 5.41 Å². The van der Waals surface area contributed by atoms with Crippen LogP contribution < -0.4 is 10.6 Å². The van der Waals surface area contributed by atoms with E-state index in [1.807, 2.05) is 0 Å². The molecular weight excluding hydrogens is 275 g/mol. The van der Waals surface area contributed by atoms with Crippen LogP contribution in [0.25, 0.3) is 0 Å². The molecule has 0 aliphatic rings. The second kappa shape index (κ2) is 7.04. The van der Waals surface area contributed by atoms with E-state index >= 15 is 0 Å². The maximum Gasteiger partial charge on any atom is 0.433 e. The molecule has 6 nitrogen and oxygen atoms in total. The molecule has 0 aliphatic carbocycles. The van der Waals surface area contributed by atoms with Crippen LogP contribution in [0.15, 0.2) is 12.3 Å². The first-order valence-corrected chi connectivity index (χ1v) is 5.81. The van der Waals surface area contributed by atoms with Crippen molar-refractivity contribution >= 4 is 11.8 Å². The van der Waals surface area contributed by atoms with E-state index in [1.165, 1.54) is 12.0 Å². The largest absolute Gasteiger partial charge is 0.433 e. The molecule has 0 saturated heterocycles. The van der Waals surface area contributed by atoms with Crippen LogP contribution in [-0.4, -0.2) is 42.6 Å². The molecule has 1 heterocycles. The van der Waals surface area contributed by atoms with Crippen molar-refractivity contribution in [3.63, 3.8) is 0 Å². The molecule has 1 aromatic rings. The monoisotopic (exact) mass is 291 g/mol. The molecule has 0 fully saturated rings. The van der Waals surface area contributed by atoms with Gasteiger partial charge in [0, 0.05) is 32.8 Å². The molecule has 112 valence electrons. The van der Waals surface area contributed by atoms with Gasteiger partial charge in [0.15, 0.2) is 0 Å². The Balaban J connectivity index is 2.91. The molecule has 3 N–H and O–H groups in total. The molecule has 20 heavy (non-hydrogen) atoms. The lowest BCUT2D eigenvalue weighted by atomic mass is 10.3. The Bertz CT molecular complexity index is 452. The number of amidine groups is 1. The first-order chi connectivity index (χ1) is 9.34. The number of methoxy groups -OCH3 is 1. The van der Waals surface area contributed by atoms with Crippen molar-refractivity contribution in [2.75, 3.05) is 31.7 Å². The Morgan fingerprint density at radius 1 is 1.45 bits per heavy atom. The first-order valence-electron chi connectivity index (χ1n) is 5.81. The third kappa shape index (κ3) is 5.00. The van der Waals surface area contributed by atoms with Gasteiger partial charge in [-0.1, -0.05) is 0 Å². The number of nitrogens with one attached hydrogen (secondary N) is 1. The number of rotatable bonds is 7. The normalized spacial score (nSPS) is 11.4. The fraction of sp³-hybridized carbons (Fsp3) is 0.545. The molecule has 0 atom stereocenters. The van der Waals surface area contributed by atoms with E-state index in [4.69, 9.17) is 15.9 Å². The van der Waals surface area contributed by atoms with Crippen molar-refractivity contribution in [1.29, 1.82) is 5.41 Å². The van der Waals surface area contributed by atoms with Crippen molar-refractivity contribution < 1.29 is 17.9 Å². The van der Waals surface area contributed by atoms with Crippen LogP contribution >= 0.6 is 0 Å². The molecule has 0 unspecified atom stereocenters. The predicted octanol–water partition coefficient (Wildman–Crippen LogP) is 1.27. The molecule has 0 radical (unpaired) electrons. The van der Waals surface area contributed by atoms with E-state index < -0.39 is 11.9 Å². The molecule has 1 rings (SSSR count). The fourth-order valence-corrected chi connectivity index (χ4v) is 1.43. The highest BCUT2D eigenvalue weighted by Gasteiger charge is 2.33. The smallest absolute Gasteiger partial charge is 0.388 e. The van der Waals surface area contributed by atoms with Gasteiger partial charge in [0.1, 0.15) is 5.69 Å². The topological polar surface area (TPSA) is 88.1 Å². The minimum Gasteiger partial charge on any atom is -0.388 e. The Morgan fingerprint density at radius 3 is 2.70 bits per heavy atom. The molecule has 0 bridgehead atoms. The summed E-state index contributed by atoms with van der Waals surface area (Å²) in [6, 6.07) is 0.809. The van der Waals surface area contributed by atoms with Gasteiger partial charge in [-0.05, 0) is 6.07 Å². The van der Waals surface area contributed by atoms with Crippen LogP contribution in [0.2, 0.25) is 0 Å². The summed E-state index contributed by atoms with van der Waals surface area (Å²) in [5.41, 5.74) is 4.24. The van der Waals surface area contributed by atoms with E-state index in [-0.39, 0.29) is 24.7 Å². The molecule has 0 aromatic carbocycles. The van der Waals surface area contributed by atoms with Gasteiger partial charge in [0.25, 0.3) is 0 Å². The van der Waals surface area contributed by atoms with Gasteiger partial charge in [0.2, 0.25) is 5.95 Å². The highest BCUT2D eigenvalue weighted by Crippen LogP contribution is 2.28. The second-order valence-electron chi connectivity index (χ2n) is 3.99. The van der Waals surface area contributed by atoms with Crippen LogP contribution in [0.1, 0.15) is 12.1 Å². The molecule has 0 spiro atoms. The lowest BCUT2D eigenvalue weighted by Gasteiger charge is -2.22. The number of alkyl halides is 3. The molecule has 1 aromatic heterocycles.